The molecule has 1 aromatic rings. The Morgan fingerprint density at radius 3 is 2.69 bits per heavy atom. The fourth-order valence-corrected chi connectivity index (χ4v) is 1.36. The van der Waals surface area contributed by atoms with Crippen molar-refractivity contribution in [2.24, 2.45) is 5.73 Å². The Bertz CT molecular complexity index is 291. The zero-order valence-electron chi connectivity index (χ0n) is 7.20. The molecule has 0 saturated carbocycles. The van der Waals surface area contributed by atoms with E-state index in [1.54, 1.807) is 18.2 Å². The van der Waals surface area contributed by atoms with Crippen LogP contribution >= 0.6 is 11.6 Å². The van der Waals surface area contributed by atoms with Gasteiger partial charge in [0.05, 0.1) is 0 Å². The fourth-order valence-electron chi connectivity index (χ4n) is 1.18. The molecule has 13 heavy (non-hydrogen) atoms. The Hall–Kier alpha value is -0.770. The number of rotatable bonds is 3. The molecular formula is C9H13ClN2O. The Morgan fingerprint density at radius 2 is 2.15 bits per heavy atom. The van der Waals surface area contributed by atoms with E-state index in [2.05, 4.69) is 0 Å². The first-order valence-electron chi connectivity index (χ1n) is 4.06. The molecule has 3 nitrogen and oxygen atoms in total. The Morgan fingerprint density at radius 1 is 1.46 bits per heavy atom. The average molecular weight is 201 g/mol. The van der Waals surface area contributed by atoms with E-state index >= 15 is 0 Å². The number of hydrogen-bond donors (Lipinski definition) is 3. The normalized spacial score (nSPS) is 12.8. The highest BCUT2D eigenvalue weighted by Crippen LogP contribution is 2.24. The minimum atomic E-state index is -0.220. The second-order valence-corrected chi connectivity index (χ2v) is 3.33. The Labute approximate surface area is 82.3 Å². The summed E-state index contributed by atoms with van der Waals surface area (Å²) in [7, 11) is 0. The van der Waals surface area contributed by atoms with E-state index in [1.807, 2.05) is 0 Å². The minimum absolute atomic E-state index is 0.0588. The highest BCUT2D eigenvalue weighted by Gasteiger charge is 2.08. The molecule has 1 aromatic carbocycles. The monoisotopic (exact) mass is 200 g/mol. The maximum Gasteiger partial charge on any atom is 0.0449 e. The van der Waals surface area contributed by atoms with Crippen molar-refractivity contribution in [2.75, 3.05) is 12.3 Å². The van der Waals surface area contributed by atoms with Gasteiger partial charge in [-0.1, -0.05) is 17.7 Å². The molecule has 0 radical (unpaired) electrons. The SMILES string of the molecule is Nc1cc(Cl)ccc1[C@H](N)CCO. The molecule has 0 bridgehead atoms. The van der Waals surface area contributed by atoms with Crippen LogP contribution in [0.25, 0.3) is 0 Å². The predicted molar refractivity (Wildman–Crippen MR) is 54.5 cm³/mol. The lowest BCUT2D eigenvalue weighted by Crippen LogP contribution is -2.13. The van der Waals surface area contributed by atoms with Crippen LogP contribution < -0.4 is 11.5 Å². The van der Waals surface area contributed by atoms with Crippen molar-refractivity contribution >= 4 is 17.3 Å². The molecule has 0 aliphatic carbocycles. The van der Waals surface area contributed by atoms with Gasteiger partial charge in [-0.15, -0.1) is 0 Å². The smallest absolute Gasteiger partial charge is 0.0449 e. The third-order valence-electron chi connectivity index (χ3n) is 1.89. The molecule has 0 fully saturated rings. The number of hydrogen-bond acceptors (Lipinski definition) is 3. The molecule has 1 rings (SSSR count). The zero-order chi connectivity index (χ0) is 9.84. The summed E-state index contributed by atoms with van der Waals surface area (Å²) in [5.74, 6) is 0. The molecule has 0 amide bonds. The number of nitrogen functional groups attached to an aromatic ring is 1. The summed E-state index contributed by atoms with van der Waals surface area (Å²) in [6, 6.07) is 4.97. The zero-order valence-corrected chi connectivity index (χ0v) is 7.96. The van der Waals surface area contributed by atoms with Crippen LogP contribution in [0.1, 0.15) is 18.0 Å². The lowest BCUT2D eigenvalue weighted by atomic mass is 10.0. The summed E-state index contributed by atoms with van der Waals surface area (Å²) in [5, 5.41) is 9.29. The van der Waals surface area contributed by atoms with Crippen LogP contribution in [-0.4, -0.2) is 11.7 Å². The van der Waals surface area contributed by atoms with Crippen LogP contribution in [0.2, 0.25) is 5.02 Å². The van der Waals surface area contributed by atoms with Gasteiger partial charge in [0.15, 0.2) is 0 Å². The summed E-state index contributed by atoms with van der Waals surface area (Å²) >= 11 is 5.73. The quantitative estimate of drug-likeness (QED) is 0.645. The van der Waals surface area contributed by atoms with Gasteiger partial charge in [0.1, 0.15) is 0 Å². The van der Waals surface area contributed by atoms with Gasteiger partial charge < -0.3 is 16.6 Å². The van der Waals surface area contributed by atoms with E-state index in [0.717, 1.165) is 5.56 Å². The summed E-state index contributed by atoms with van der Waals surface area (Å²) in [4.78, 5) is 0. The summed E-state index contributed by atoms with van der Waals surface area (Å²) < 4.78 is 0. The third-order valence-corrected chi connectivity index (χ3v) is 2.12. The van der Waals surface area contributed by atoms with Crippen molar-refractivity contribution in [3.05, 3.63) is 28.8 Å². The molecule has 0 aliphatic rings. The van der Waals surface area contributed by atoms with Gasteiger partial charge in [0, 0.05) is 23.4 Å². The van der Waals surface area contributed by atoms with Crippen molar-refractivity contribution in [1.29, 1.82) is 0 Å². The largest absolute Gasteiger partial charge is 0.398 e. The van der Waals surface area contributed by atoms with Gasteiger partial charge in [0.25, 0.3) is 0 Å². The van der Waals surface area contributed by atoms with E-state index in [4.69, 9.17) is 28.2 Å². The van der Waals surface area contributed by atoms with Crippen LogP contribution in [0.15, 0.2) is 18.2 Å². The molecule has 0 heterocycles. The molecule has 0 unspecified atom stereocenters. The Kier molecular flexibility index (Phi) is 3.54. The van der Waals surface area contributed by atoms with Crippen molar-refractivity contribution in [2.45, 2.75) is 12.5 Å². The van der Waals surface area contributed by atoms with E-state index in [-0.39, 0.29) is 12.6 Å². The molecule has 0 saturated heterocycles. The second kappa shape index (κ2) is 4.46. The molecular weight excluding hydrogens is 188 g/mol. The highest BCUT2D eigenvalue weighted by atomic mass is 35.5. The first-order valence-corrected chi connectivity index (χ1v) is 4.44. The van der Waals surface area contributed by atoms with Gasteiger partial charge in [0.2, 0.25) is 0 Å². The van der Waals surface area contributed by atoms with Crippen LogP contribution in [0, 0.1) is 0 Å². The molecule has 72 valence electrons. The van der Waals surface area contributed by atoms with Crippen molar-refractivity contribution < 1.29 is 5.11 Å². The minimum Gasteiger partial charge on any atom is -0.398 e. The average Bonchev–Trinajstić information content (AvgIpc) is 2.04. The molecule has 4 heteroatoms. The van der Waals surface area contributed by atoms with Crippen LogP contribution in [0.3, 0.4) is 0 Å². The Balaban J connectivity index is 2.88. The van der Waals surface area contributed by atoms with Crippen molar-refractivity contribution in [3.8, 4) is 0 Å². The van der Waals surface area contributed by atoms with Gasteiger partial charge in [-0.2, -0.15) is 0 Å². The number of aliphatic hydroxyl groups excluding tert-OH is 1. The number of aliphatic hydroxyl groups is 1. The van der Waals surface area contributed by atoms with Gasteiger partial charge in [-0.3, -0.25) is 0 Å². The topological polar surface area (TPSA) is 72.3 Å². The van der Waals surface area contributed by atoms with Crippen molar-refractivity contribution in [3.63, 3.8) is 0 Å². The van der Waals surface area contributed by atoms with E-state index in [0.29, 0.717) is 17.1 Å². The first kappa shape index (κ1) is 10.3. The van der Waals surface area contributed by atoms with Gasteiger partial charge in [-0.25, -0.2) is 0 Å². The van der Waals surface area contributed by atoms with Gasteiger partial charge >= 0.3 is 0 Å². The van der Waals surface area contributed by atoms with Crippen LogP contribution in [0.4, 0.5) is 5.69 Å². The van der Waals surface area contributed by atoms with Crippen molar-refractivity contribution in [1.82, 2.24) is 0 Å². The lowest BCUT2D eigenvalue weighted by Gasteiger charge is -2.12. The van der Waals surface area contributed by atoms with Crippen LogP contribution in [-0.2, 0) is 0 Å². The standard InChI is InChI=1S/C9H13ClN2O/c10-6-1-2-7(9(12)5-6)8(11)3-4-13/h1-2,5,8,13H,3-4,11-12H2/t8-/m1/s1. The fraction of sp³-hybridized carbons (Fsp3) is 0.333. The lowest BCUT2D eigenvalue weighted by molar-refractivity contribution is 0.276. The molecule has 5 N–H and O–H groups in total. The molecule has 0 aliphatic heterocycles. The van der Waals surface area contributed by atoms with Gasteiger partial charge in [-0.05, 0) is 24.1 Å². The van der Waals surface area contributed by atoms with E-state index < -0.39 is 0 Å². The first-order chi connectivity index (χ1) is 6.15. The highest BCUT2D eigenvalue weighted by molar-refractivity contribution is 6.30. The van der Waals surface area contributed by atoms with E-state index in [1.165, 1.54) is 0 Å². The molecule has 0 aromatic heterocycles. The number of nitrogens with two attached hydrogens (primary N) is 2. The predicted octanol–water partition coefficient (Wildman–Crippen LogP) is 1.30. The molecule has 0 spiro atoms. The maximum absolute atomic E-state index is 8.70. The maximum atomic E-state index is 8.70. The van der Waals surface area contributed by atoms with E-state index in [9.17, 15) is 0 Å². The number of halogens is 1. The number of benzene rings is 1. The second-order valence-electron chi connectivity index (χ2n) is 2.89. The summed E-state index contributed by atoms with van der Waals surface area (Å²) in [5.41, 5.74) is 12.9. The molecule has 1 atom stereocenters. The van der Waals surface area contributed by atoms with Crippen LogP contribution in [0.5, 0.6) is 0 Å². The summed E-state index contributed by atoms with van der Waals surface area (Å²) in [6.45, 7) is 0.0588. The third kappa shape index (κ3) is 2.59. The number of anilines is 1. The summed E-state index contributed by atoms with van der Waals surface area (Å²) in [6.07, 6.45) is 0.506.